The average Bonchev–Trinajstić information content (AvgIpc) is 3.70. The molecule has 0 radical (unpaired) electrons. The maximum Gasteiger partial charge on any atom is 0.166 e. The molecular formula is C49H40N4. The third-order valence-electron chi connectivity index (χ3n) is 12.8. The Labute approximate surface area is 310 Å². The topological polar surface area (TPSA) is 43.6 Å². The Morgan fingerprint density at radius 2 is 1.19 bits per heavy atom. The quantitative estimate of drug-likeness (QED) is 0.185. The van der Waals surface area contributed by atoms with Crippen LogP contribution in [0.3, 0.4) is 0 Å². The summed E-state index contributed by atoms with van der Waals surface area (Å²) in [4.78, 5) is 15.3. The van der Waals surface area contributed by atoms with Crippen LogP contribution in [0.2, 0.25) is 0 Å². The molecule has 1 spiro atoms. The molecule has 2 heterocycles. The van der Waals surface area contributed by atoms with E-state index < -0.39 is 0 Å². The number of aromatic nitrogens is 4. The van der Waals surface area contributed by atoms with Gasteiger partial charge in [-0.1, -0.05) is 128 Å². The first kappa shape index (κ1) is 30.7. The van der Waals surface area contributed by atoms with Crippen LogP contribution < -0.4 is 0 Å². The lowest BCUT2D eigenvalue weighted by molar-refractivity contribution is 0.0856. The fraction of sp³-hybridized carbons (Fsp3) is 0.204. The Balaban J connectivity index is 1.17. The zero-order valence-corrected chi connectivity index (χ0v) is 29.9. The SMILES string of the molecule is CC1CC2CCC3(c4ccccc4-c4c3ccc3c4c4ccccc4n3-c3ccccc3-c3nc(-c4ccccc4)nc(-c4ccccc4)n3)C(C1)C2. The van der Waals surface area contributed by atoms with Gasteiger partial charge in [0.15, 0.2) is 17.5 Å². The summed E-state index contributed by atoms with van der Waals surface area (Å²) < 4.78 is 2.46. The molecule has 3 aliphatic carbocycles. The molecule has 256 valence electrons. The fourth-order valence-corrected chi connectivity index (χ4v) is 10.7. The second kappa shape index (κ2) is 11.8. The van der Waals surface area contributed by atoms with Gasteiger partial charge in [-0.3, -0.25) is 0 Å². The Kier molecular flexibility index (Phi) is 6.86. The van der Waals surface area contributed by atoms with Crippen LogP contribution in [0.5, 0.6) is 0 Å². The van der Waals surface area contributed by atoms with Gasteiger partial charge in [-0.15, -0.1) is 0 Å². The number of para-hydroxylation sites is 2. The molecule has 0 amide bonds. The number of hydrogen-bond donors (Lipinski definition) is 0. The number of nitrogens with zero attached hydrogens (tertiary/aromatic N) is 4. The highest BCUT2D eigenvalue weighted by Crippen LogP contribution is 2.64. The highest BCUT2D eigenvalue weighted by Gasteiger charge is 2.53. The second-order valence-electron chi connectivity index (χ2n) is 15.7. The van der Waals surface area contributed by atoms with Crippen LogP contribution >= 0.6 is 0 Å². The molecule has 2 bridgehead atoms. The molecule has 2 fully saturated rings. The van der Waals surface area contributed by atoms with Gasteiger partial charge in [0.2, 0.25) is 0 Å². The minimum Gasteiger partial charge on any atom is -0.308 e. The number of fused-ring (bicyclic) bond motifs is 12. The Morgan fingerprint density at radius 3 is 1.96 bits per heavy atom. The largest absolute Gasteiger partial charge is 0.308 e. The third-order valence-corrected chi connectivity index (χ3v) is 12.8. The lowest BCUT2D eigenvalue weighted by Gasteiger charge is -2.50. The molecule has 6 aromatic carbocycles. The van der Waals surface area contributed by atoms with Crippen molar-refractivity contribution < 1.29 is 0 Å². The van der Waals surface area contributed by atoms with E-state index in [4.69, 9.17) is 15.0 Å². The van der Waals surface area contributed by atoms with Gasteiger partial charge in [-0.2, -0.15) is 0 Å². The van der Waals surface area contributed by atoms with Crippen molar-refractivity contribution in [2.75, 3.05) is 0 Å². The van der Waals surface area contributed by atoms with Gasteiger partial charge in [0.1, 0.15) is 0 Å². The maximum absolute atomic E-state index is 5.17. The monoisotopic (exact) mass is 684 g/mol. The zero-order valence-electron chi connectivity index (χ0n) is 29.9. The van der Waals surface area contributed by atoms with Crippen LogP contribution in [0, 0.1) is 17.8 Å². The van der Waals surface area contributed by atoms with Gasteiger partial charge in [-0.05, 0) is 96.4 Å². The lowest BCUT2D eigenvalue weighted by atomic mass is 9.53. The molecule has 2 aromatic heterocycles. The molecule has 4 atom stereocenters. The first-order chi connectivity index (χ1) is 26.2. The predicted octanol–water partition coefficient (Wildman–Crippen LogP) is 12.1. The van der Waals surface area contributed by atoms with Crippen molar-refractivity contribution in [1.29, 1.82) is 0 Å². The molecule has 0 aliphatic heterocycles. The molecule has 4 nitrogen and oxygen atoms in total. The Morgan fingerprint density at radius 1 is 0.547 bits per heavy atom. The van der Waals surface area contributed by atoms with Crippen molar-refractivity contribution in [3.8, 4) is 51.0 Å². The molecule has 8 aromatic rings. The van der Waals surface area contributed by atoms with Crippen molar-refractivity contribution >= 4 is 21.8 Å². The lowest BCUT2D eigenvalue weighted by Crippen LogP contribution is -2.44. The Bertz CT molecular complexity index is 2630. The van der Waals surface area contributed by atoms with E-state index in [0.717, 1.165) is 34.2 Å². The van der Waals surface area contributed by atoms with Gasteiger partial charge in [0, 0.05) is 32.9 Å². The van der Waals surface area contributed by atoms with E-state index in [1.54, 1.807) is 11.1 Å². The zero-order chi connectivity index (χ0) is 35.1. The van der Waals surface area contributed by atoms with Gasteiger partial charge >= 0.3 is 0 Å². The Hall–Kier alpha value is -5.87. The summed E-state index contributed by atoms with van der Waals surface area (Å²) in [5.41, 5.74) is 12.4. The standard InChI is InChI=1S/C49H40N4/c1-31-28-32-26-27-49(35(29-31)30-32)39-21-11-8-18-36(39)44-40(49)24-25-43-45(44)37-19-9-12-22-41(37)53(43)42-23-13-10-20-38(42)48-51-46(33-14-4-2-5-15-33)50-47(52-48)34-16-6-3-7-17-34/h2-25,31-32,35H,26-30H2,1H3. The van der Waals surface area contributed by atoms with Crippen molar-refractivity contribution in [2.45, 2.75) is 44.4 Å². The molecule has 0 saturated heterocycles. The number of rotatable bonds is 4. The smallest absolute Gasteiger partial charge is 0.166 e. The fourth-order valence-electron chi connectivity index (χ4n) is 10.7. The summed E-state index contributed by atoms with van der Waals surface area (Å²) in [5.74, 6) is 4.33. The van der Waals surface area contributed by atoms with E-state index in [0.29, 0.717) is 23.4 Å². The first-order valence-electron chi connectivity index (χ1n) is 19.3. The molecule has 4 unspecified atom stereocenters. The molecule has 3 aliphatic rings. The highest BCUT2D eigenvalue weighted by atomic mass is 15.1. The van der Waals surface area contributed by atoms with E-state index >= 15 is 0 Å². The summed E-state index contributed by atoms with van der Waals surface area (Å²) in [6, 6.07) is 52.4. The van der Waals surface area contributed by atoms with Crippen LogP contribution in [-0.4, -0.2) is 19.5 Å². The maximum atomic E-state index is 5.17. The summed E-state index contributed by atoms with van der Waals surface area (Å²) in [5, 5.41) is 2.64. The van der Waals surface area contributed by atoms with Crippen molar-refractivity contribution in [3.63, 3.8) is 0 Å². The summed E-state index contributed by atoms with van der Waals surface area (Å²) in [6.07, 6.45) is 6.64. The molecular weight excluding hydrogens is 645 g/mol. The van der Waals surface area contributed by atoms with Crippen LogP contribution in [0.15, 0.2) is 146 Å². The van der Waals surface area contributed by atoms with Gasteiger partial charge < -0.3 is 4.57 Å². The number of benzene rings is 6. The van der Waals surface area contributed by atoms with E-state index in [9.17, 15) is 0 Å². The average molecular weight is 685 g/mol. The predicted molar refractivity (Wildman–Crippen MR) is 216 cm³/mol. The van der Waals surface area contributed by atoms with E-state index in [2.05, 4.69) is 121 Å². The minimum atomic E-state index is 0.0823. The van der Waals surface area contributed by atoms with E-state index in [1.807, 2.05) is 36.4 Å². The van der Waals surface area contributed by atoms with Gasteiger partial charge in [-0.25, -0.2) is 15.0 Å². The second-order valence-corrected chi connectivity index (χ2v) is 15.7. The highest BCUT2D eigenvalue weighted by molar-refractivity contribution is 6.18. The summed E-state index contributed by atoms with van der Waals surface area (Å²) in [6.45, 7) is 2.49. The van der Waals surface area contributed by atoms with E-state index in [1.165, 1.54) is 65.0 Å². The molecule has 0 N–H and O–H groups in total. The number of hydrogen-bond acceptors (Lipinski definition) is 3. The third kappa shape index (κ3) is 4.57. The van der Waals surface area contributed by atoms with Gasteiger partial charge in [0.25, 0.3) is 0 Å². The van der Waals surface area contributed by atoms with Gasteiger partial charge in [0.05, 0.1) is 16.7 Å². The normalized spacial score (nSPS) is 21.6. The summed E-state index contributed by atoms with van der Waals surface area (Å²) >= 11 is 0. The summed E-state index contributed by atoms with van der Waals surface area (Å²) in [7, 11) is 0. The van der Waals surface area contributed by atoms with Crippen LogP contribution in [0.25, 0.3) is 72.8 Å². The molecule has 4 heteroatoms. The van der Waals surface area contributed by atoms with Crippen LogP contribution in [0.4, 0.5) is 0 Å². The van der Waals surface area contributed by atoms with E-state index in [-0.39, 0.29) is 5.41 Å². The first-order valence-corrected chi connectivity index (χ1v) is 19.3. The van der Waals surface area contributed by atoms with Crippen molar-refractivity contribution in [3.05, 3.63) is 157 Å². The molecule has 53 heavy (non-hydrogen) atoms. The minimum absolute atomic E-state index is 0.0823. The van der Waals surface area contributed by atoms with Crippen molar-refractivity contribution in [1.82, 2.24) is 19.5 Å². The van der Waals surface area contributed by atoms with Crippen LogP contribution in [-0.2, 0) is 5.41 Å². The molecule has 2 saturated carbocycles. The van der Waals surface area contributed by atoms with Crippen LogP contribution in [0.1, 0.15) is 50.2 Å². The molecule has 11 rings (SSSR count). The van der Waals surface area contributed by atoms with Crippen molar-refractivity contribution in [2.24, 2.45) is 17.8 Å².